The van der Waals surface area contributed by atoms with Gasteiger partial charge in [-0.2, -0.15) is 4.57 Å². The Labute approximate surface area is 146 Å². The number of hydrogen-bond donors (Lipinski definition) is 0. The van der Waals surface area contributed by atoms with Gasteiger partial charge in [0, 0.05) is 11.5 Å². The molecule has 4 aromatic rings. The number of aryl methyl sites for hydroxylation is 3. The van der Waals surface area contributed by atoms with Crippen LogP contribution >= 0.6 is 0 Å². The van der Waals surface area contributed by atoms with Gasteiger partial charge in [-0.15, -0.1) is 0 Å². The van der Waals surface area contributed by atoms with Crippen LogP contribution in [0.25, 0.3) is 33.1 Å². The quantitative estimate of drug-likeness (QED) is 0.378. The normalized spacial score (nSPS) is 12.3. The maximum absolute atomic E-state index is 6.24. The van der Waals surface area contributed by atoms with E-state index in [4.69, 9.17) is 9.72 Å². The zero-order valence-corrected chi connectivity index (χ0v) is 14.8. The standard InChI is InChI=1S/C22H19N2O/c1-12-8-9-17-16(10-12)23-22-21(24(17)4)19-14(3)13(2)11-15-6-5-7-18(25-22)20(15)19/h5-11H,1-4H3/q+1. The molecular weight excluding hydrogens is 308 g/mol. The average Bonchev–Trinajstić information content (AvgIpc) is 2.58. The predicted octanol–water partition coefficient (Wildman–Crippen LogP) is 4.91. The summed E-state index contributed by atoms with van der Waals surface area (Å²) in [6.45, 7) is 6.45. The Kier molecular flexibility index (Phi) is 2.76. The van der Waals surface area contributed by atoms with Crippen LogP contribution in [-0.4, -0.2) is 4.98 Å². The molecule has 2 heterocycles. The van der Waals surface area contributed by atoms with Gasteiger partial charge in [-0.25, -0.2) is 4.98 Å². The van der Waals surface area contributed by atoms with Gasteiger partial charge >= 0.3 is 0 Å². The molecule has 0 fully saturated rings. The lowest BCUT2D eigenvalue weighted by Crippen LogP contribution is -2.34. The first-order valence-electron chi connectivity index (χ1n) is 8.56. The third kappa shape index (κ3) is 1.86. The van der Waals surface area contributed by atoms with E-state index in [-0.39, 0.29) is 0 Å². The summed E-state index contributed by atoms with van der Waals surface area (Å²) in [5, 5.41) is 2.40. The second-order valence-electron chi connectivity index (χ2n) is 6.97. The lowest BCUT2D eigenvalue weighted by molar-refractivity contribution is -0.634. The molecule has 0 aliphatic carbocycles. The molecule has 0 N–H and O–H groups in total. The molecule has 3 nitrogen and oxygen atoms in total. The predicted molar refractivity (Wildman–Crippen MR) is 100 cm³/mol. The van der Waals surface area contributed by atoms with Gasteiger partial charge in [0.05, 0.1) is 5.56 Å². The molecule has 1 aliphatic rings. The number of nitrogens with zero attached hydrogens (tertiary/aromatic N) is 2. The summed E-state index contributed by atoms with van der Waals surface area (Å²) in [6.07, 6.45) is 0. The maximum atomic E-state index is 6.24. The highest BCUT2D eigenvalue weighted by Crippen LogP contribution is 2.46. The van der Waals surface area contributed by atoms with E-state index in [0.29, 0.717) is 5.88 Å². The second kappa shape index (κ2) is 4.79. The van der Waals surface area contributed by atoms with E-state index in [1.807, 2.05) is 12.1 Å². The lowest BCUT2D eigenvalue weighted by Gasteiger charge is -2.21. The van der Waals surface area contributed by atoms with Crippen molar-refractivity contribution in [2.45, 2.75) is 20.8 Å². The number of aromatic nitrogens is 2. The largest absolute Gasteiger partial charge is 0.433 e. The first-order valence-corrected chi connectivity index (χ1v) is 8.56. The highest BCUT2D eigenvalue weighted by atomic mass is 16.5. The average molecular weight is 327 g/mol. The molecule has 122 valence electrons. The van der Waals surface area contributed by atoms with Crippen LogP contribution in [0.15, 0.2) is 42.5 Å². The minimum Gasteiger partial charge on any atom is -0.433 e. The van der Waals surface area contributed by atoms with Crippen LogP contribution in [0.4, 0.5) is 0 Å². The van der Waals surface area contributed by atoms with Crippen LogP contribution in [0.2, 0.25) is 0 Å². The summed E-state index contributed by atoms with van der Waals surface area (Å²) in [5.41, 5.74) is 8.14. The molecule has 0 saturated heterocycles. The van der Waals surface area contributed by atoms with E-state index >= 15 is 0 Å². The third-order valence-electron chi connectivity index (χ3n) is 5.34. The molecule has 0 unspecified atom stereocenters. The molecular formula is C22H19N2O+. The fourth-order valence-corrected chi connectivity index (χ4v) is 3.93. The molecule has 3 heteroatoms. The van der Waals surface area contributed by atoms with Crippen molar-refractivity contribution in [2.24, 2.45) is 7.05 Å². The Balaban J connectivity index is 2.01. The van der Waals surface area contributed by atoms with Crippen molar-refractivity contribution >= 4 is 21.8 Å². The fraction of sp³-hybridized carbons (Fsp3) is 0.182. The van der Waals surface area contributed by atoms with Gasteiger partial charge in [-0.05, 0) is 55.0 Å². The Morgan fingerprint density at radius 3 is 2.68 bits per heavy atom. The van der Waals surface area contributed by atoms with Crippen LogP contribution in [0.5, 0.6) is 11.6 Å². The fourth-order valence-electron chi connectivity index (χ4n) is 3.93. The molecule has 1 aromatic heterocycles. The van der Waals surface area contributed by atoms with Gasteiger partial charge in [-0.1, -0.05) is 24.3 Å². The summed E-state index contributed by atoms with van der Waals surface area (Å²) < 4.78 is 8.46. The maximum Gasteiger partial charge on any atom is 0.294 e. The van der Waals surface area contributed by atoms with Gasteiger partial charge in [0.25, 0.3) is 11.6 Å². The van der Waals surface area contributed by atoms with Crippen molar-refractivity contribution in [3.63, 3.8) is 0 Å². The summed E-state index contributed by atoms with van der Waals surface area (Å²) in [5.74, 6) is 1.58. The van der Waals surface area contributed by atoms with Crippen LogP contribution in [-0.2, 0) is 7.05 Å². The number of hydrogen-bond acceptors (Lipinski definition) is 2. The second-order valence-corrected chi connectivity index (χ2v) is 6.97. The molecule has 0 amide bonds. The van der Waals surface area contributed by atoms with Crippen LogP contribution < -0.4 is 9.30 Å². The van der Waals surface area contributed by atoms with E-state index in [2.05, 4.69) is 62.7 Å². The molecule has 0 atom stereocenters. The van der Waals surface area contributed by atoms with Crippen LogP contribution in [0, 0.1) is 20.8 Å². The highest BCUT2D eigenvalue weighted by Gasteiger charge is 2.32. The molecule has 0 radical (unpaired) electrons. The molecule has 5 rings (SSSR count). The van der Waals surface area contributed by atoms with E-state index in [9.17, 15) is 0 Å². The van der Waals surface area contributed by atoms with Crippen molar-refractivity contribution in [1.82, 2.24) is 4.98 Å². The Morgan fingerprint density at radius 2 is 1.84 bits per heavy atom. The number of rotatable bonds is 0. The minimum absolute atomic E-state index is 0.689. The molecule has 1 aliphatic heterocycles. The van der Waals surface area contributed by atoms with Gasteiger partial charge in [0.2, 0.25) is 5.52 Å². The zero-order valence-electron chi connectivity index (χ0n) is 14.8. The zero-order chi connectivity index (χ0) is 17.3. The Hall–Kier alpha value is -2.94. The monoisotopic (exact) mass is 327 g/mol. The van der Waals surface area contributed by atoms with E-state index in [1.54, 1.807) is 0 Å². The lowest BCUT2D eigenvalue weighted by atomic mass is 9.91. The highest BCUT2D eigenvalue weighted by molar-refractivity contribution is 6.04. The first kappa shape index (κ1) is 14.4. The van der Waals surface area contributed by atoms with E-state index in [1.165, 1.54) is 33.0 Å². The van der Waals surface area contributed by atoms with Crippen LogP contribution in [0.3, 0.4) is 0 Å². The van der Waals surface area contributed by atoms with Gasteiger partial charge < -0.3 is 4.74 Å². The van der Waals surface area contributed by atoms with Gasteiger partial charge in [0.15, 0.2) is 0 Å². The molecule has 0 saturated carbocycles. The smallest absolute Gasteiger partial charge is 0.294 e. The topological polar surface area (TPSA) is 26.0 Å². The molecule has 25 heavy (non-hydrogen) atoms. The number of ether oxygens (including phenoxy) is 1. The summed E-state index contributed by atoms with van der Waals surface area (Å²) in [4.78, 5) is 4.85. The SMILES string of the molecule is Cc1ccc2c(c1)nc1c([n+]2C)-c2c(C)c(C)cc3cccc(c23)O1. The molecule has 0 bridgehead atoms. The molecule has 0 spiro atoms. The van der Waals surface area contributed by atoms with Gasteiger partial charge in [-0.3, -0.25) is 0 Å². The Morgan fingerprint density at radius 1 is 1.00 bits per heavy atom. The van der Waals surface area contributed by atoms with Crippen molar-refractivity contribution in [1.29, 1.82) is 0 Å². The minimum atomic E-state index is 0.689. The van der Waals surface area contributed by atoms with Gasteiger partial charge in [0.1, 0.15) is 18.3 Å². The van der Waals surface area contributed by atoms with E-state index in [0.717, 1.165) is 22.5 Å². The summed E-state index contributed by atoms with van der Waals surface area (Å²) in [6, 6.07) is 14.9. The van der Waals surface area contributed by atoms with Crippen molar-refractivity contribution in [3.8, 4) is 22.9 Å². The number of fused-ring (bicyclic) bond motifs is 3. The number of benzene rings is 3. The summed E-state index contributed by atoms with van der Waals surface area (Å²) in [7, 11) is 2.10. The first-order chi connectivity index (χ1) is 12.0. The Bertz CT molecular complexity index is 1210. The van der Waals surface area contributed by atoms with Crippen molar-refractivity contribution in [3.05, 3.63) is 59.2 Å². The molecule has 3 aromatic carbocycles. The van der Waals surface area contributed by atoms with Crippen molar-refractivity contribution < 1.29 is 9.30 Å². The van der Waals surface area contributed by atoms with E-state index < -0.39 is 0 Å². The third-order valence-corrected chi connectivity index (χ3v) is 5.34. The van der Waals surface area contributed by atoms with Crippen molar-refractivity contribution in [2.75, 3.05) is 0 Å². The van der Waals surface area contributed by atoms with Crippen LogP contribution in [0.1, 0.15) is 16.7 Å². The summed E-state index contributed by atoms with van der Waals surface area (Å²) >= 11 is 0.